The summed E-state index contributed by atoms with van der Waals surface area (Å²) in [6.45, 7) is 12.6. The topological polar surface area (TPSA) is 43.8 Å². The van der Waals surface area contributed by atoms with Crippen LogP contribution in [0.2, 0.25) is 0 Å². The monoisotopic (exact) mass is 392 g/mol. The summed E-state index contributed by atoms with van der Waals surface area (Å²) in [7, 11) is 4.97. The van der Waals surface area contributed by atoms with E-state index in [-0.39, 0.29) is 5.54 Å². The first kappa shape index (κ1) is 21.5. The summed E-state index contributed by atoms with van der Waals surface area (Å²) in [5.41, 5.74) is 1.05. The molecule has 27 heavy (non-hydrogen) atoms. The second-order valence-electron chi connectivity index (χ2n) is 7.87. The molecule has 1 aromatic carbocycles. The number of hydrogen-bond donors (Lipinski definition) is 0. The fourth-order valence-corrected chi connectivity index (χ4v) is 3.74. The molecule has 2 rings (SSSR count). The van der Waals surface area contributed by atoms with Crippen molar-refractivity contribution in [2.75, 3.05) is 21.3 Å². The van der Waals surface area contributed by atoms with Crippen LogP contribution in [0, 0.1) is 0 Å². The van der Waals surface area contributed by atoms with Crippen LogP contribution in [-0.2, 0) is 13.1 Å². The van der Waals surface area contributed by atoms with Gasteiger partial charge in [0, 0.05) is 47.3 Å². The van der Waals surface area contributed by atoms with E-state index in [1.807, 2.05) is 18.3 Å². The zero-order valence-corrected chi connectivity index (χ0v) is 18.6. The smallest absolute Gasteiger partial charge is 0.164 e. The summed E-state index contributed by atoms with van der Waals surface area (Å²) in [5, 5.41) is 1.18. The molecule has 5 nitrogen and oxygen atoms in total. The van der Waals surface area contributed by atoms with Crippen molar-refractivity contribution in [3.63, 3.8) is 0 Å². The highest BCUT2D eigenvalue weighted by molar-refractivity contribution is 7.11. The van der Waals surface area contributed by atoms with Crippen LogP contribution in [0.4, 0.5) is 0 Å². The summed E-state index contributed by atoms with van der Waals surface area (Å²) in [6, 6.07) is 3.89. The van der Waals surface area contributed by atoms with Crippen LogP contribution in [-0.4, -0.2) is 36.8 Å². The van der Waals surface area contributed by atoms with E-state index < -0.39 is 0 Å². The van der Waals surface area contributed by atoms with Gasteiger partial charge in [0.15, 0.2) is 11.5 Å². The van der Waals surface area contributed by atoms with Crippen molar-refractivity contribution in [3.8, 4) is 17.2 Å². The summed E-state index contributed by atoms with van der Waals surface area (Å²) >= 11 is 1.79. The Balaban J connectivity index is 2.33. The molecule has 0 aliphatic heterocycles. The Hall–Kier alpha value is -1.79. The number of methoxy groups -OCH3 is 3. The van der Waals surface area contributed by atoms with Crippen LogP contribution in [0.5, 0.6) is 17.2 Å². The minimum atomic E-state index is -0.0137. The van der Waals surface area contributed by atoms with Gasteiger partial charge in [-0.2, -0.15) is 0 Å². The van der Waals surface area contributed by atoms with Crippen molar-refractivity contribution in [3.05, 3.63) is 33.8 Å². The van der Waals surface area contributed by atoms with Gasteiger partial charge in [-0.15, -0.1) is 11.3 Å². The van der Waals surface area contributed by atoms with Gasteiger partial charge in [-0.1, -0.05) is 13.8 Å². The molecule has 0 bridgehead atoms. The van der Waals surface area contributed by atoms with Gasteiger partial charge >= 0.3 is 0 Å². The average molecular weight is 393 g/mol. The molecular formula is C21H32N2O3S. The van der Waals surface area contributed by atoms with Gasteiger partial charge in [-0.3, -0.25) is 4.90 Å². The lowest BCUT2D eigenvalue weighted by molar-refractivity contribution is 0.118. The third-order valence-corrected chi connectivity index (χ3v) is 5.79. The number of aromatic nitrogens is 1. The summed E-state index contributed by atoms with van der Waals surface area (Å²) in [4.78, 5) is 8.27. The summed E-state index contributed by atoms with van der Waals surface area (Å²) in [6.07, 6.45) is 2.00. The number of rotatable bonds is 8. The van der Waals surface area contributed by atoms with Crippen molar-refractivity contribution in [2.45, 2.75) is 59.2 Å². The van der Waals surface area contributed by atoms with Gasteiger partial charge in [-0.25, -0.2) is 4.98 Å². The maximum absolute atomic E-state index is 5.61. The van der Waals surface area contributed by atoms with Crippen LogP contribution in [0.1, 0.15) is 56.0 Å². The minimum Gasteiger partial charge on any atom is -0.496 e. The fraction of sp³-hybridized carbons (Fsp3) is 0.571. The molecule has 1 aromatic heterocycles. The van der Waals surface area contributed by atoms with Gasteiger partial charge in [0.25, 0.3) is 0 Å². The molecule has 2 aromatic rings. The van der Waals surface area contributed by atoms with Crippen LogP contribution >= 0.6 is 11.3 Å². The van der Waals surface area contributed by atoms with Gasteiger partial charge in [-0.05, 0) is 26.8 Å². The number of nitrogens with zero attached hydrogens (tertiary/aromatic N) is 2. The maximum Gasteiger partial charge on any atom is 0.164 e. The third kappa shape index (κ3) is 5.36. The molecule has 6 heteroatoms. The second kappa shape index (κ2) is 8.93. The first-order valence-electron chi connectivity index (χ1n) is 9.18. The minimum absolute atomic E-state index is 0.0137. The van der Waals surface area contributed by atoms with Crippen LogP contribution in [0.3, 0.4) is 0 Å². The Labute approximate surface area is 167 Å². The number of hydrogen-bond acceptors (Lipinski definition) is 6. The lowest BCUT2D eigenvalue weighted by Gasteiger charge is -2.35. The molecule has 0 atom stereocenters. The number of benzene rings is 1. The van der Waals surface area contributed by atoms with Crippen molar-refractivity contribution in [1.82, 2.24) is 9.88 Å². The molecule has 0 amide bonds. The van der Waals surface area contributed by atoms with Crippen LogP contribution in [0.25, 0.3) is 0 Å². The normalized spacial score (nSPS) is 11.9. The molecule has 0 saturated heterocycles. The van der Waals surface area contributed by atoms with Crippen molar-refractivity contribution in [2.24, 2.45) is 0 Å². The van der Waals surface area contributed by atoms with E-state index in [0.29, 0.717) is 17.4 Å². The molecule has 0 aliphatic rings. The SMILES string of the molecule is COc1cc(OC)c(OC)cc1CN(Cc1cnc(C(C)C)s1)C(C)(C)C. The predicted octanol–water partition coefficient (Wildman–Crippen LogP) is 5.09. The lowest BCUT2D eigenvalue weighted by atomic mass is 10.0. The third-order valence-electron chi connectivity index (χ3n) is 4.51. The molecule has 1 heterocycles. The molecule has 0 spiro atoms. The van der Waals surface area contributed by atoms with E-state index in [2.05, 4.69) is 44.5 Å². The predicted molar refractivity (Wildman–Crippen MR) is 111 cm³/mol. The highest BCUT2D eigenvalue weighted by Crippen LogP contribution is 2.36. The van der Waals surface area contributed by atoms with Gasteiger partial charge in [0.2, 0.25) is 0 Å². The molecule has 0 fully saturated rings. The average Bonchev–Trinajstić information content (AvgIpc) is 3.08. The summed E-state index contributed by atoms with van der Waals surface area (Å²) < 4.78 is 16.5. The van der Waals surface area contributed by atoms with E-state index in [1.54, 1.807) is 32.7 Å². The largest absolute Gasteiger partial charge is 0.496 e. The van der Waals surface area contributed by atoms with Crippen LogP contribution < -0.4 is 14.2 Å². The van der Waals surface area contributed by atoms with Crippen molar-refractivity contribution in [1.29, 1.82) is 0 Å². The summed E-state index contributed by atoms with van der Waals surface area (Å²) in [5.74, 6) is 2.64. The van der Waals surface area contributed by atoms with E-state index >= 15 is 0 Å². The quantitative estimate of drug-likeness (QED) is 0.626. The molecule has 0 saturated carbocycles. The Kier molecular flexibility index (Phi) is 7.12. The Bertz CT molecular complexity index is 750. The second-order valence-corrected chi connectivity index (χ2v) is 9.01. The van der Waals surface area contributed by atoms with E-state index in [9.17, 15) is 0 Å². The van der Waals surface area contributed by atoms with E-state index in [0.717, 1.165) is 24.4 Å². The fourth-order valence-electron chi connectivity index (χ4n) is 2.80. The molecule has 0 unspecified atom stereocenters. The molecular weight excluding hydrogens is 360 g/mol. The molecule has 0 N–H and O–H groups in total. The Morgan fingerprint density at radius 3 is 2.04 bits per heavy atom. The Morgan fingerprint density at radius 1 is 0.963 bits per heavy atom. The zero-order valence-electron chi connectivity index (χ0n) is 17.8. The van der Waals surface area contributed by atoms with Crippen molar-refractivity contribution >= 4 is 11.3 Å². The van der Waals surface area contributed by atoms with Crippen molar-refractivity contribution < 1.29 is 14.2 Å². The first-order chi connectivity index (χ1) is 12.7. The highest BCUT2D eigenvalue weighted by Gasteiger charge is 2.25. The highest BCUT2D eigenvalue weighted by atomic mass is 32.1. The maximum atomic E-state index is 5.61. The van der Waals surface area contributed by atoms with Gasteiger partial charge in [0.05, 0.1) is 26.3 Å². The number of thiazole rings is 1. The first-order valence-corrected chi connectivity index (χ1v) is 9.99. The standard InChI is InChI=1S/C21H32N2O3S/c1-14(2)20-22-11-16(27-20)13-23(21(3,4)5)12-15-9-18(25-7)19(26-8)10-17(15)24-6/h9-11,14H,12-13H2,1-8H3. The molecule has 150 valence electrons. The van der Waals surface area contributed by atoms with Crippen LogP contribution in [0.15, 0.2) is 18.3 Å². The molecule has 0 aliphatic carbocycles. The lowest BCUT2D eigenvalue weighted by Crippen LogP contribution is -2.40. The van der Waals surface area contributed by atoms with E-state index in [4.69, 9.17) is 14.2 Å². The van der Waals surface area contributed by atoms with Gasteiger partial charge in [0.1, 0.15) is 5.75 Å². The Morgan fingerprint density at radius 2 is 1.56 bits per heavy atom. The van der Waals surface area contributed by atoms with Gasteiger partial charge < -0.3 is 14.2 Å². The van der Waals surface area contributed by atoms with E-state index in [1.165, 1.54) is 9.88 Å². The molecule has 0 radical (unpaired) electrons. The number of ether oxygens (including phenoxy) is 3. The zero-order chi connectivity index (χ0) is 20.2.